The highest BCUT2D eigenvalue weighted by Gasteiger charge is 2.40. The topological polar surface area (TPSA) is 73.9 Å². The molecule has 7 nitrogen and oxygen atoms in total. The van der Waals surface area contributed by atoms with Gasteiger partial charge in [0, 0.05) is 44.5 Å². The third-order valence-corrected chi connectivity index (χ3v) is 6.77. The van der Waals surface area contributed by atoms with E-state index in [1.165, 1.54) is 16.7 Å². The number of hydrogen-bond donors (Lipinski definition) is 2. The van der Waals surface area contributed by atoms with Crippen LogP contribution in [0.3, 0.4) is 0 Å². The van der Waals surface area contributed by atoms with Crippen molar-refractivity contribution >= 4 is 23.3 Å². The number of carbonyl (C=O) groups is 2. The summed E-state index contributed by atoms with van der Waals surface area (Å²) in [5.41, 5.74) is 5.32. The minimum absolute atomic E-state index is 0.170. The number of ether oxygens (including phenoxy) is 1. The molecule has 2 aliphatic rings. The highest BCUT2D eigenvalue weighted by atomic mass is 16.5. The molecule has 1 unspecified atom stereocenters. The molecule has 1 saturated heterocycles. The van der Waals surface area contributed by atoms with E-state index in [0.717, 1.165) is 38.0 Å². The van der Waals surface area contributed by atoms with Crippen molar-refractivity contribution in [3.8, 4) is 0 Å². The molecule has 7 heteroatoms. The van der Waals surface area contributed by atoms with Gasteiger partial charge in [0.15, 0.2) is 0 Å². The number of nitrogens with one attached hydrogen (secondary N) is 2. The number of rotatable bonds is 5. The molecule has 2 heterocycles. The van der Waals surface area contributed by atoms with Crippen LogP contribution in [0.25, 0.3) is 0 Å². The summed E-state index contributed by atoms with van der Waals surface area (Å²) < 4.78 is 5.49. The lowest BCUT2D eigenvalue weighted by Crippen LogP contribution is -2.45. The van der Waals surface area contributed by atoms with Crippen LogP contribution >= 0.6 is 0 Å². The average Bonchev–Trinajstić information content (AvgIpc) is 3.19. The van der Waals surface area contributed by atoms with Crippen LogP contribution in [0.1, 0.15) is 30.0 Å². The summed E-state index contributed by atoms with van der Waals surface area (Å²) in [4.78, 5) is 30.2. The number of likely N-dealkylation sites (N-methyl/N-ethyl adjacent to an activating group) is 1. The normalized spacial score (nSPS) is 20.8. The predicted octanol–water partition coefficient (Wildman–Crippen LogP) is 3.54. The lowest BCUT2D eigenvalue weighted by molar-refractivity contribution is -0.119. The van der Waals surface area contributed by atoms with Gasteiger partial charge >= 0.3 is 6.03 Å². The first-order valence-electron chi connectivity index (χ1n) is 11.8. The third kappa shape index (κ3) is 5.54. The molecular formula is C26H34N4O3. The maximum absolute atomic E-state index is 13.2. The molecular weight excluding hydrogens is 416 g/mol. The predicted molar refractivity (Wildman–Crippen MR) is 131 cm³/mol. The third-order valence-electron chi connectivity index (χ3n) is 6.77. The van der Waals surface area contributed by atoms with Gasteiger partial charge in [0.1, 0.15) is 6.04 Å². The van der Waals surface area contributed by atoms with E-state index in [0.29, 0.717) is 18.7 Å². The molecule has 0 aromatic heterocycles. The SMILES string of the molecule is CCc1ccc(NC(=O)N2CC(OC)C[C@@H]2C(=O)Nc2ccc3c(c2)CCN(C)CC3)cc1. The maximum Gasteiger partial charge on any atom is 0.322 e. The van der Waals surface area contributed by atoms with Crippen LogP contribution in [0.4, 0.5) is 16.2 Å². The molecule has 4 rings (SSSR count). The Morgan fingerprint density at radius 2 is 1.70 bits per heavy atom. The molecule has 2 atom stereocenters. The molecule has 33 heavy (non-hydrogen) atoms. The Balaban J connectivity index is 1.45. The van der Waals surface area contributed by atoms with Gasteiger partial charge in [-0.05, 0) is 67.3 Å². The van der Waals surface area contributed by atoms with Gasteiger partial charge in [-0.2, -0.15) is 0 Å². The van der Waals surface area contributed by atoms with Crippen LogP contribution in [0.15, 0.2) is 42.5 Å². The zero-order valence-electron chi connectivity index (χ0n) is 19.8. The Kier molecular flexibility index (Phi) is 7.30. The summed E-state index contributed by atoms with van der Waals surface area (Å²) in [5, 5.41) is 5.97. The number of aryl methyl sites for hydroxylation is 1. The molecule has 2 aliphatic heterocycles. The number of amides is 3. The van der Waals surface area contributed by atoms with Gasteiger partial charge in [-0.15, -0.1) is 0 Å². The fourth-order valence-electron chi connectivity index (χ4n) is 4.60. The Hall–Kier alpha value is -2.90. The van der Waals surface area contributed by atoms with Crippen molar-refractivity contribution in [2.24, 2.45) is 0 Å². The van der Waals surface area contributed by atoms with Crippen molar-refractivity contribution in [3.63, 3.8) is 0 Å². The molecule has 0 aliphatic carbocycles. The smallest absolute Gasteiger partial charge is 0.322 e. The molecule has 3 amide bonds. The molecule has 0 spiro atoms. The van der Waals surface area contributed by atoms with Gasteiger partial charge in [-0.25, -0.2) is 4.79 Å². The second kappa shape index (κ2) is 10.4. The molecule has 176 valence electrons. The zero-order valence-corrected chi connectivity index (χ0v) is 19.8. The van der Waals surface area contributed by atoms with E-state index < -0.39 is 6.04 Å². The maximum atomic E-state index is 13.2. The first-order chi connectivity index (χ1) is 16.0. The van der Waals surface area contributed by atoms with Crippen molar-refractivity contribution in [3.05, 3.63) is 59.2 Å². The summed E-state index contributed by atoms with van der Waals surface area (Å²) in [5.74, 6) is -0.184. The van der Waals surface area contributed by atoms with E-state index in [-0.39, 0.29) is 18.0 Å². The van der Waals surface area contributed by atoms with E-state index in [9.17, 15) is 9.59 Å². The lowest BCUT2D eigenvalue weighted by Gasteiger charge is -2.24. The standard InChI is InChI=1S/C26H34N4O3/c1-4-18-5-8-21(9-6-18)28-26(32)30-17-23(33-3)16-24(30)25(31)27-22-10-7-19-11-13-29(2)14-12-20(19)15-22/h5-10,15,23-24H,4,11-14,16-17H2,1-3H3,(H,27,31)(H,28,32)/t23?,24-/m1/s1. The van der Waals surface area contributed by atoms with Gasteiger partial charge in [0.05, 0.1) is 6.10 Å². The van der Waals surface area contributed by atoms with Crippen LogP contribution in [0, 0.1) is 0 Å². The minimum atomic E-state index is -0.588. The van der Waals surface area contributed by atoms with E-state index in [4.69, 9.17) is 4.74 Å². The van der Waals surface area contributed by atoms with Gasteiger partial charge in [0.2, 0.25) is 5.91 Å². The minimum Gasteiger partial charge on any atom is -0.380 e. The van der Waals surface area contributed by atoms with Crippen LogP contribution in [-0.4, -0.2) is 67.7 Å². The van der Waals surface area contributed by atoms with Gasteiger partial charge in [-0.3, -0.25) is 4.79 Å². The molecule has 2 N–H and O–H groups in total. The number of urea groups is 1. The Morgan fingerprint density at radius 3 is 2.39 bits per heavy atom. The Labute approximate surface area is 196 Å². The second-order valence-corrected chi connectivity index (χ2v) is 9.02. The first kappa shape index (κ1) is 23.3. The number of nitrogens with zero attached hydrogens (tertiary/aromatic N) is 2. The van der Waals surface area contributed by atoms with E-state index in [1.54, 1.807) is 12.0 Å². The highest BCUT2D eigenvalue weighted by molar-refractivity contribution is 5.99. The quantitative estimate of drug-likeness (QED) is 0.731. The van der Waals surface area contributed by atoms with Crippen molar-refractivity contribution < 1.29 is 14.3 Å². The van der Waals surface area contributed by atoms with E-state index in [2.05, 4.69) is 41.6 Å². The summed E-state index contributed by atoms with van der Waals surface area (Å²) in [6.45, 7) is 4.53. The number of anilines is 2. The molecule has 2 aromatic carbocycles. The fraction of sp³-hybridized carbons (Fsp3) is 0.462. The molecule has 1 fully saturated rings. The van der Waals surface area contributed by atoms with Crippen molar-refractivity contribution in [1.82, 2.24) is 9.80 Å². The number of fused-ring (bicyclic) bond motifs is 1. The number of carbonyl (C=O) groups excluding carboxylic acids is 2. The zero-order chi connectivity index (χ0) is 23.4. The molecule has 0 radical (unpaired) electrons. The summed E-state index contributed by atoms with van der Waals surface area (Å²) in [6, 6.07) is 13.1. The number of methoxy groups -OCH3 is 1. The van der Waals surface area contributed by atoms with Gasteiger partial charge in [0.25, 0.3) is 0 Å². The van der Waals surface area contributed by atoms with Crippen molar-refractivity contribution in [1.29, 1.82) is 0 Å². The number of benzene rings is 2. The number of likely N-dealkylation sites (tertiary alicyclic amines) is 1. The Bertz CT molecular complexity index is 992. The lowest BCUT2D eigenvalue weighted by atomic mass is 10.0. The second-order valence-electron chi connectivity index (χ2n) is 9.02. The monoisotopic (exact) mass is 450 g/mol. The Morgan fingerprint density at radius 1 is 1.00 bits per heavy atom. The molecule has 0 bridgehead atoms. The summed E-state index contributed by atoms with van der Waals surface area (Å²) in [7, 11) is 3.76. The van der Waals surface area contributed by atoms with Gasteiger partial charge < -0.3 is 25.2 Å². The molecule has 2 aromatic rings. The fourth-order valence-corrected chi connectivity index (χ4v) is 4.60. The van der Waals surface area contributed by atoms with Crippen LogP contribution in [0.2, 0.25) is 0 Å². The van der Waals surface area contributed by atoms with E-state index in [1.807, 2.05) is 30.3 Å². The summed E-state index contributed by atoms with van der Waals surface area (Å²) in [6.07, 6.45) is 3.23. The number of hydrogen-bond acceptors (Lipinski definition) is 4. The summed E-state index contributed by atoms with van der Waals surface area (Å²) >= 11 is 0. The highest BCUT2D eigenvalue weighted by Crippen LogP contribution is 2.25. The van der Waals surface area contributed by atoms with Gasteiger partial charge in [-0.1, -0.05) is 25.1 Å². The van der Waals surface area contributed by atoms with Crippen LogP contribution in [-0.2, 0) is 28.8 Å². The van der Waals surface area contributed by atoms with Crippen molar-refractivity contribution in [2.45, 2.75) is 44.8 Å². The molecule has 0 saturated carbocycles. The average molecular weight is 451 g/mol. The first-order valence-corrected chi connectivity index (χ1v) is 11.8. The van der Waals surface area contributed by atoms with Crippen LogP contribution in [0.5, 0.6) is 0 Å². The van der Waals surface area contributed by atoms with Crippen LogP contribution < -0.4 is 10.6 Å². The van der Waals surface area contributed by atoms with E-state index >= 15 is 0 Å². The van der Waals surface area contributed by atoms with Crippen molar-refractivity contribution in [2.75, 3.05) is 44.4 Å². The largest absolute Gasteiger partial charge is 0.380 e.